The van der Waals surface area contributed by atoms with Crippen LogP contribution in [0.15, 0.2) is 6.20 Å². The minimum atomic E-state index is 0.520. The minimum Gasteiger partial charge on any atom is -0.491 e. The highest BCUT2D eigenvalue weighted by Gasteiger charge is 2.25. The van der Waals surface area contributed by atoms with Crippen molar-refractivity contribution in [2.45, 2.75) is 32.2 Å². The van der Waals surface area contributed by atoms with Gasteiger partial charge < -0.3 is 20.3 Å². The highest BCUT2D eigenvalue weighted by atomic mass is 16.5. The highest BCUT2D eigenvalue weighted by molar-refractivity contribution is 5.55. The van der Waals surface area contributed by atoms with Crippen molar-refractivity contribution >= 4 is 11.8 Å². The molecule has 0 unspecified atom stereocenters. The molecule has 6 nitrogen and oxygen atoms in total. The lowest BCUT2D eigenvalue weighted by Crippen LogP contribution is -2.30. The van der Waals surface area contributed by atoms with Crippen LogP contribution in [0.4, 0.5) is 11.8 Å². The molecule has 1 aromatic rings. The fraction of sp³-hybridized carbons (Fsp3) is 0.714. The van der Waals surface area contributed by atoms with Gasteiger partial charge in [0.15, 0.2) is 11.6 Å². The van der Waals surface area contributed by atoms with Crippen LogP contribution in [0.3, 0.4) is 0 Å². The lowest BCUT2D eigenvalue weighted by Gasteiger charge is -2.20. The molecule has 1 aliphatic heterocycles. The number of likely N-dealkylation sites (N-methyl/N-ethyl adjacent to an activating group) is 1. The van der Waals surface area contributed by atoms with Gasteiger partial charge in [-0.3, -0.25) is 0 Å². The molecular formula is C14H25N5O. The molecule has 1 saturated heterocycles. The molecule has 2 N–H and O–H groups in total. The summed E-state index contributed by atoms with van der Waals surface area (Å²) >= 11 is 0. The summed E-state index contributed by atoms with van der Waals surface area (Å²) in [5, 5.41) is 6.58. The second-order valence-corrected chi connectivity index (χ2v) is 5.09. The van der Waals surface area contributed by atoms with Gasteiger partial charge in [-0.05, 0) is 19.9 Å². The van der Waals surface area contributed by atoms with Gasteiger partial charge in [-0.15, -0.1) is 0 Å². The number of rotatable bonds is 7. The van der Waals surface area contributed by atoms with Crippen LogP contribution in [0.2, 0.25) is 0 Å². The largest absolute Gasteiger partial charge is 0.491 e. The van der Waals surface area contributed by atoms with E-state index in [1.54, 1.807) is 13.3 Å². The standard InChI is InChI=1S/C14H25N5O/c1-4-5-7-16-14-17-9-12(20-3)13(18-14)19-8-6-11(10-19)15-2/h9,11,15H,4-8,10H2,1-3H3,(H,16,17,18)/t11-/m0/s1. The van der Waals surface area contributed by atoms with Gasteiger partial charge in [0.1, 0.15) is 0 Å². The van der Waals surface area contributed by atoms with Gasteiger partial charge in [0.2, 0.25) is 5.95 Å². The number of unbranched alkanes of at least 4 members (excludes halogenated alkanes) is 1. The number of ether oxygens (including phenoxy) is 1. The van der Waals surface area contributed by atoms with Crippen molar-refractivity contribution in [1.82, 2.24) is 15.3 Å². The van der Waals surface area contributed by atoms with Crippen LogP contribution in [0, 0.1) is 0 Å². The Bertz CT molecular complexity index is 426. The molecule has 0 saturated carbocycles. The normalized spacial score (nSPS) is 18.4. The average Bonchev–Trinajstić information content (AvgIpc) is 2.96. The van der Waals surface area contributed by atoms with Crippen molar-refractivity contribution in [3.05, 3.63) is 6.20 Å². The number of nitrogens with one attached hydrogen (secondary N) is 2. The Kier molecular flexibility index (Phi) is 5.40. The summed E-state index contributed by atoms with van der Waals surface area (Å²) in [6.45, 7) is 5.02. The Hall–Kier alpha value is -1.56. The molecule has 6 heteroatoms. The number of nitrogens with zero attached hydrogens (tertiary/aromatic N) is 3. The van der Waals surface area contributed by atoms with Gasteiger partial charge in [-0.25, -0.2) is 4.98 Å². The van der Waals surface area contributed by atoms with E-state index in [0.29, 0.717) is 12.0 Å². The Morgan fingerprint density at radius 1 is 1.50 bits per heavy atom. The van der Waals surface area contributed by atoms with E-state index >= 15 is 0 Å². The molecule has 0 aromatic carbocycles. The molecule has 112 valence electrons. The van der Waals surface area contributed by atoms with E-state index in [9.17, 15) is 0 Å². The van der Waals surface area contributed by atoms with Crippen molar-refractivity contribution in [3.8, 4) is 5.75 Å². The Morgan fingerprint density at radius 2 is 2.35 bits per heavy atom. The third-order valence-electron chi connectivity index (χ3n) is 3.67. The van der Waals surface area contributed by atoms with Crippen molar-refractivity contribution in [2.24, 2.45) is 0 Å². The molecule has 1 fully saturated rings. The molecule has 1 aromatic heterocycles. The second kappa shape index (κ2) is 7.28. The Morgan fingerprint density at radius 3 is 3.00 bits per heavy atom. The Labute approximate surface area is 120 Å². The van der Waals surface area contributed by atoms with Crippen LogP contribution in [0.25, 0.3) is 0 Å². The zero-order valence-electron chi connectivity index (χ0n) is 12.6. The van der Waals surface area contributed by atoms with Crippen LogP contribution in [0.1, 0.15) is 26.2 Å². The van der Waals surface area contributed by atoms with Crippen LogP contribution in [0.5, 0.6) is 5.75 Å². The zero-order valence-corrected chi connectivity index (χ0v) is 12.6. The van der Waals surface area contributed by atoms with E-state index in [4.69, 9.17) is 4.74 Å². The van der Waals surface area contributed by atoms with Crippen molar-refractivity contribution < 1.29 is 4.74 Å². The van der Waals surface area contributed by atoms with Crippen molar-refractivity contribution in [3.63, 3.8) is 0 Å². The third-order valence-corrected chi connectivity index (χ3v) is 3.67. The van der Waals surface area contributed by atoms with Crippen molar-refractivity contribution in [1.29, 1.82) is 0 Å². The predicted octanol–water partition coefficient (Wildman–Crippen LogP) is 1.50. The van der Waals surface area contributed by atoms with E-state index in [1.165, 1.54) is 0 Å². The number of anilines is 2. The van der Waals surface area contributed by atoms with Crippen LogP contribution in [-0.2, 0) is 0 Å². The van der Waals surface area contributed by atoms with E-state index < -0.39 is 0 Å². The molecule has 2 heterocycles. The van der Waals surface area contributed by atoms with Crippen LogP contribution >= 0.6 is 0 Å². The van der Waals surface area contributed by atoms with Gasteiger partial charge in [0, 0.05) is 25.7 Å². The number of hydrogen-bond acceptors (Lipinski definition) is 6. The molecule has 20 heavy (non-hydrogen) atoms. The molecule has 0 aliphatic carbocycles. The SMILES string of the molecule is CCCCNc1ncc(OC)c(N2CC[C@H](NC)C2)n1. The van der Waals surface area contributed by atoms with Crippen molar-refractivity contribution in [2.75, 3.05) is 44.0 Å². The molecule has 1 atom stereocenters. The van der Waals surface area contributed by atoms with E-state index in [1.807, 2.05) is 7.05 Å². The molecule has 0 spiro atoms. The summed E-state index contributed by atoms with van der Waals surface area (Å²) in [5.74, 6) is 2.31. The first kappa shape index (κ1) is 14.8. The predicted molar refractivity (Wildman–Crippen MR) is 81.7 cm³/mol. The summed E-state index contributed by atoms with van der Waals surface area (Å²) in [4.78, 5) is 11.2. The molecule has 0 bridgehead atoms. The summed E-state index contributed by atoms with van der Waals surface area (Å²) in [5.41, 5.74) is 0. The lowest BCUT2D eigenvalue weighted by atomic mass is 10.3. The summed E-state index contributed by atoms with van der Waals surface area (Å²) in [7, 11) is 3.67. The van der Waals surface area contributed by atoms with E-state index in [-0.39, 0.29) is 0 Å². The minimum absolute atomic E-state index is 0.520. The molecule has 2 rings (SSSR count). The third kappa shape index (κ3) is 3.50. The number of hydrogen-bond donors (Lipinski definition) is 2. The summed E-state index contributed by atoms with van der Waals surface area (Å²) < 4.78 is 5.39. The topological polar surface area (TPSA) is 62.3 Å². The van der Waals surface area contributed by atoms with Gasteiger partial charge in [0.25, 0.3) is 0 Å². The number of methoxy groups -OCH3 is 1. The average molecular weight is 279 g/mol. The van der Waals surface area contributed by atoms with E-state index in [0.717, 1.165) is 50.5 Å². The van der Waals surface area contributed by atoms with Crippen LogP contribution in [-0.4, -0.2) is 49.8 Å². The first-order chi connectivity index (χ1) is 9.78. The molecule has 1 aliphatic rings. The first-order valence-electron chi connectivity index (χ1n) is 7.35. The van der Waals surface area contributed by atoms with Gasteiger partial charge in [0.05, 0.1) is 13.3 Å². The fourth-order valence-electron chi connectivity index (χ4n) is 2.38. The monoisotopic (exact) mass is 279 g/mol. The summed E-state index contributed by atoms with van der Waals surface area (Å²) in [6.07, 6.45) is 5.16. The maximum Gasteiger partial charge on any atom is 0.224 e. The fourth-order valence-corrected chi connectivity index (χ4v) is 2.38. The van der Waals surface area contributed by atoms with Gasteiger partial charge in [-0.1, -0.05) is 13.3 Å². The highest BCUT2D eigenvalue weighted by Crippen LogP contribution is 2.28. The lowest BCUT2D eigenvalue weighted by molar-refractivity contribution is 0.411. The van der Waals surface area contributed by atoms with Gasteiger partial charge in [-0.2, -0.15) is 4.98 Å². The molecule has 0 amide bonds. The molecule has 0 radical (unpaired) electrons. The smallest absolute Gasteiger partial charge is 0.224 e. The van der Waals surface area contributed by atoms with E-state index in [2.05, 4.69) is 32.4 Å². The zero-order chi connectivity index (χ0) is 14.4. The maximum absolute atomic E-state index is 5.39. The number of aromatic nitrogens is 2. The van der Waals surface area contributed by atoms with Gasteiger partial charge >= 0.3 is 0 Å². The quantitative estimate of drug-likeness (QED) is 0.738. The van der Waals surface area contributed by atoms with Crippen LogP contribution < -0.4 is 20.3 Å². The molecular weight excluding hydrogens is 254 g/mol. The second-order valence-electron chi connectivity index (χ2n) is 5.09. The maximum atomic E-state index is 5.39. The first-order valence-corrected chi connectivity index (χ1v) is 7.35. The summed E-state index contributed by atoms with van der Waals surface area (Å²) in [6, 6.07) is 0.520. The Balaban J connectivity index is 2.10.